The van der Waals surface area contributed by atoms with E-state index in [1.807, 2.05) is 30.3 Å². The van der Waals surface area contributed by atoms with E-state index in [1.165, 1.54) is 18.4 Å². The number of esters is 1. The summed E-state index contributed by atoms with van der Waals surface area (Å²) in [6, 6.07) is 9.70. The molecule has 0 bridgehead atoms. The zero-order valence-electron chi connectivity index (χ0n) is 13.7. The fraction of sp³-hybridized carbons (Fsp3) is 0.353. The van der Waals surface area contributed by atoms with Gasteiger partial charge in [-0.25, -0.2) is 4.98 Å². The molecule has 0 saturated heterocycles. The molecule has 2 aromatic rings. The van der Waals surface area contributed by atoms with Crippen LogP contribution in [0.2, 0.25) is 0 Å². The van der Waals surface area contributed by atoms with E-state index < -0.39 is 0 Å². The molecule has 0 aliphatic heterocycles. The Morgan fingerprint density at radius 2 is 1.92 bits per heavy atom. The second kappa shape index (κ2) is 9.14. The van der Waals surface area contributed by atoms with Gasteiger partial charge >= 0.3 is 5.97 Å². The van der Waals surface area contributed by atoms with Gasteiger partial charge in [-0.05, 0) is 0 Å². The SMILES string of the molecule is COCCN(CCC(=O)OC)C(=O)c1csc(-c2ccccc2)n1. The number of methoxy groups -OCH3 is 2. The molecule has 2 rings (SSSR count). The minimum absolute atomic E-state index is 0.141. The lowest BCUT2D eigenvalue weighted by atomic mass is 10.2. The number of ether oxygens (including phenoxy) is 2. The summed E-state index contributed by atoms with van der Waals surface area (Å²) in [5, 5.41) is 2.53. The van der Waals surface area contributed by atoms with Gasteiger partial charge in [-0.2, -0.15) is 0 Å². The van der Waals surface area contributed by atoms with Crippen LogP contribution in [0.5, 0.6) is 0 Å². The molecular formula is C17H20N2O4S. The molecule has 0 saturated carbocycles. The lowest BCUT2D eigenvalue weighted by Gasteiger charge is -2.20. The van der Waals surface area contributed by atoms with Crippen molar-refractivity contribution >= 4 is 23.2 Å². The van der Waals surface area contributed by atoms with Crippen LogP contribution in [0.15, 0.2) is 35.7 Å². The summed E-state index contributed by atoms with van der Waals surface area (Å²) in [5.74, 6) is -0.567. The van der Waals surface area contributed by atoms with Crippen molar-refractivity contribution in [2.45, 2.75) is 6.42 Å². The zero-order valence-corrected chi connectivity index (χ0v) is 14.5. The Bertz CT molecular complexity index is 672. The third-order valence-corrected chi connectivity index (χ3v) is 4.30. The topological polar surface area (TPSA) is 68.7 Å². The first-order valence-electron chi connectivity index (χ1n) is 7.51. The highest BCUT2D eigenvalue weighted by Gasteiger charge is 2.20. The van der Waals surface area contributed by atoms with E-state index in [-0.39, 0.29) is 24.8 Å². The first kappa shape index (κ1) is 18.1. The number of hydrogen-bond acceptors (Lipinski definition) is 6. The average Bonchev–Trinajstić information content (AvgIpc) is 3.12. The van der Waals surface area contributed by atoms with Crippen LogP contribution in [0.3, 0.4) is 0 Å². The Kier molecular flexibility index (Phi) is 6.89. The quantitative estimate of drug-likeness (QED) is 0.686. The summed E-state index contributed by atoms with van der Waals surface area (Å²) >= 11 is 1.42. The summed E-state index contributed by atoms with van der Waals surface area (Å²) < 4.78 is 9.67. The van der Waals surface area contributed by atoms with Gasteiger partial charge in [0.15, 0.2) is 0 Å². The van der Waals surface area contributed by atoms with Crippen molar-refractivity contribution in [3.63, 3.8) is 0 Å². The molecule has 0 N–H and O–H groups in total. The van der Waals surface area contributed by atoms with Gasteiger partial charge in [-0.1, -0.05) is 30.3 Å². The van der Waals surface area contributed by atoms with Crippen molar-refractivity contribution in [2.75, 3.05) is 33.9 Å². The van der Waals surface area contributed by atoms with Crippen LogP contribution < -0.4 is 0 Å². The number of thiazole rings is 1. The Balaban J connectivity index is 2.10. The van der Waals surface area contributed by atoms with Crippen LogP contribution in [0.1, 0.15) is 16.9 Å². The summed E-state index contributed by atoms with van der Waals surface area (Å²) in [7, 11) is 2.90. The third kappa shape index (κ3) is 4.87. The molecule has 128 valence electrons. The normalized spacial score (nSPS) is 10.4. The van der Waals surface area contributed by atoms with Gasteiger partial charge in [-0.3, -0.25) is 9.59 Å². The van der Waals surface area contributed by atoms with E-state index in [4.69, 9.17) is 4.74 Å². The maximum atomic E-state index is 12.7. The molecule has 0 aliphatic carbocycles. The second-order valence-electron chi connectivity index (χ2n) is 5.02. The van der Waals surface area contributed by atoms with Crippen molar-refractivity contribution in [3.05, 3.63) is 41.4 Å². The molecule has 6 nitrogen and oxygen atoms in total. The minimum Gasteiger partial charge on any atom is -0.469 e. The van der Waals surface area contributed by atoms with Gasteiger partial charge in [0.1, 0.15) is 10.7 Å². The molecule has 0 spiro atoms. The molecule has 1 heterocycles. The van der Waals surface area contributed by atoms with Crippen molar-refractivity contribution < 1.29 is 19.1 Å². The Hall–Kier alpha value is -2.25. The number of carbonyl (C=O) groups is 2. The van der Waals surface area contributed by atoms with Gasteiger partial charge in [0.25, 0.3) is 5.91 Å². The summed E-state index contributed by atoms with van der Waals surface area (Å²) in [5.41, 5.74) is 1.35. The van der Waals surface area contributed by atoms with Gasteiger partial charge in [-0.15, -0.1) is 11.3 Å². The molecule has 0 unspecified atom stereocenters. The van der Waals surface area contributed by atoms with E-state index in [2.05, 4.69) is 9.72 Å². The van der Waals surface area contributed by atoms with E-state index in [9.17, 15) is 9.59 Å². The Morgan fingerprint density at radius 3 is 2.58 bits per heavy atom. The average molecular weight is 348 g/mol. The monoisotopic (exact) mass is 348 g/mol. The molecule has 1 amide bonds. The predicted molar refractivity (Wildman–Crippen MR) is 92.0 cm³/mol. The highest BCUT2D eigenvalue weighted by Crippen LogP contribution is 2.23. The van der Waals surface area contributed by atoms with Crippen molar-refractivity contribution in [2.24, 2.45) is 0 Å². The molecule has 0 fully saturated rings. The maximum Gasteiger partial charge on any atom is 0.307 e. The summed E-state index contributed by atoms with van der Waals surface area (Å²) in [6.45, 7) is 1.06. The van der Waals surface area contributed by atoms with E-state index in [0.29, 0.717) is 18.8 Å². The minimum atomic E-state index is -0.353. The lowest BCUT2D eigenvalue weighted by Crippen LogP contribution is -2.36. The second-order valence-corrected chi connectivity index (χ2v) is 5.87. The third-order valence-electron chi connectivity index (χ3n) is 3.41. The van der Waals surface area contributed by atoms with Gasteiger partial charge in [0, 0.05) is 31.1 Å². The Labute approximate surface area is 145 Å². The molecular weight excluding hydrogens is 328 g/mol. The Morgan fingerprint density at radius 1 is 1.17 bits per heavy atom. The van der Waals surface area contributed by atoms with Crippen LogP contribution in [0, 0.1) is 0 Å². The standard InChI is InChI=1S/C17H20N2O4S/c1-22-11-10-19(9-8-15(20)23-2)17(21)14-12-24-16(18-14)13-6-4-3-5-7-13/h3-7,12H,8-11H2,1-2H3. The molecule has 0 atom stereocenters. The molecule has 1 aromatic heterocycles. The van der Waals surface area contributed by atoms with Crippen LogP contribution in [-0.2, 0) is 14.3 Å². The molecule has 0 aliphatic rings. The number of hydrogen-bond donors (Lipinski definition) is 0. The largest absolute Gasteiger partial charge is 0.469 e. The molecule has 1 aromatic carbocycles. The number of carbonyl (C=O) groups excluding carboxylic acids is 2. The smallest absolute Gasteiger partial charge is 0.307 e. The molecule has 24 heavy (non-hydrogen) atoms. The maximum absolute atomic E-state index is 12.7. The number of nitrogens with zero attached hydrogens (tertiary/aromatic N) is 2. The summed E-state index contributed by atoms with van der Waals surface area (Å²) in [6.07, 6.45) is 0.141. The first-order valence-corrected chi connectivity index (χ1v) is 8.39. The van der Waals surface area contributed by atoms with E-state index in [1.54, 1.807) is 17.4 Å². The van der Waals surface area contributed by atoms with Crippen LogP contribution in [0.25, 0.3) is 10.6 Å². The van der Waals surface area contributed by atoms with Crippen molar-refractivity contribution in [1.29, 1.82) is 0 Å². The predicted octanol–water partition coefficient (Wildman–Crippen LogP) is 2.46. The highest BCUT2D eigenvalue weighted by molar-refractivity contribution is 7.13. The van der Waals surface area contributed by atoms with Gasteiger partial charge in [0.2, 0.25) is 0 Å². The zero-order chi connectivity index (χ0) is 17.4. The molecule has 0 radical (unpaired) electrons. The fourth-order valence-corrected chi connectivity index (χ4v) is 2.89. The number of benzene rings is 1. The number of rotatable bonds is 8. The van der Waals surface area contributed by atoms with Crippen molar-refractivity contribution in [1.82, 2.24) is 9.88 Å². The first-order chi connectivity index (χ1) is 11.7. The van der Waals surface area contributed by atoms with Gasteiger partial charge < -0.3 is 14.4 Å². The fourth-order valence-electron chi connectivity index (χ4n) is 2.09. The van der Waals surface area contributed by atoms with E-state index >= 15 is 0 Å². The number of aromatic nitrogens is 1. The van der Waals surface area contributed by atoms with Crippen molar-refractivity contribution in [3.8, 4) is 10.6 Å². The lowest BCUT2D eigenvalue weighted by molar-refractivity contribution is -0.140. The van der Waals surface area contributed by atoms with Gasteiger partial charge in [0.05, 0.1) is 20.1 Å². The highest BCUT2D eigenvalue weighted by atomic mass is 32.1. The van der Waals surface area contributed by atoms with Crippen LogP contribution in [-0.4, -0.2) is 55.7 Å². The number of amides is 1. The summed E-state index contributed by atoms with van der Waals surface area (Å²) in [4.78, 5) is 30.0. The van der Waals surface area contributed by atoms with E-state index in [0.717, 1.165) is 10.6 Å². The molecule has 7 heteroatoms. The van der Waals surface area contributed by atoms with Crippen LogP contribution >= 0.6 is 11.3 Å². The van der Waals surface area contributed by atoms with Crippen LogP contribution in [0.4, 0.5) is 0 Å².